The molecule has 0 aliphatic carbocycles. The first-order valence-electron chi connectivity index (χ1n) is 9.37. The first kappa shape index (κ1) is 22.5. The van der Waals surface area contributed by atoms with Crippen molar-refractivity contribution in [2.75, 3.05) is 0 Å². The van der Waals surface area contributed by atoms with E-state index in [2.05, 4.69) is 19.9 Å². The van der Waals surface area contributed by atoms with Crippen LogP contribution in [0.5, 0.6) is 0 Å². The van der Waals surface area contributed by atoms with Crippen molar-refractivity contribution in [3.05, 3.63) is 72.4 Å². The Kier molecular flexibility index (Phi) is 5.26. The van der Waals surface area contributed by atoms with Crippen LogP contribution in [-0.2, 0) is 17.8 Å². The van der Waals surface area contributed by atoms with E-state index in [0.29, 0.717) is 0 Å². The van der Waals surface area contributed by atoms with Crippen LogP contribution in [0.25, 0.3) is 22.5 Å². The molecule has 0 aliphatic heterocycles. The lowest BCUT2D eigenvalue weighted by molar-refractivity contribution is -0.153. The average Bonchev–Trinajstić information content (AvgIpc) is 3.41. The van der Waals surface area contributed by atoms with Crippen LogP contribution in [-0.4, -0.2) is 19.9 Å². The molecule has 12 heteroatoms. The molecule has 0 fully saturated rings. The highest BCUT2D eigenvalue weighted by Crippen LogP contribution is 2.44. The third-order valence-corrected chi connectivity index (χ3v) is 4.75. The molecule has 4 heterocycles. The van der Waals surface area contributed by atoms with Crippen molar-refractivity contribution < 1.29 is 35.2 Å². The van der Waals surface area contributed by atoms with Gasteiger partial charge in [-0.15, -0.1) is 0 Å². The monoisotopic (exact) mass is 468 g/mol. The molecule has 4 aromatic heterocycles. The molecule has 0 atom stereocenters. The molecule has 172 valence electrons. The molecular weight excluding hydrogens is 454 g/mol. The Morgan fingerprint density at radius 2 is 0.939 bits per heavy atom. The Bertz CT molecular complexity index is 1160. The molecule has 0 bridgehead atoms. The lowest BCUT2D eigenvalue weighted by Gasteiger charge is -2.16. The largest absolute Gasteiger partial charge is 0.451 e. The Morgan fingerprint density at radius 3 is 1.24 bits per heavy atom. The molecule has 0 saturated heterocycles. The number of halogens is 6. The molecule has 0 radical (unpaired) electrons. The number of nitrogens with zero attached hydrogens (tertiary/aromatic N) is 4. The quantitative estimate of drug-likeness (QED) is 0.335. The summed E-state index contributed by atoms with van der Waals surface area (Å²) >= 11 is 0. The Balaban J connectivity index is 1.87. The molecule has 0 N–H and O–H groups in total. The van der Waals surface area contributed by atoms with Gasteiger partial charge in [-0.1, -0.05) is 0 Å². The maximum atomic E-state index is 13.6. The van der Waals surface area contributed by atoms with Crippen LogP contribution in [0, 0.1) is 0 Å². The van der Waals surface area contributed by atoms with E-state index in [9.17, 15) is 26.3 Å². The van der Waals surface area contributed by atoms with Gasteiger partial charge in [0.2, 0.25) is 23.3 Å². The summed E-state index contributed by atoms with van der Waals surface area (Å²) in [5.74, 6) is -3.82. The summed E-state index contributed by atoms with van der Waals surface area (Å²) < 4.78 is 91.9. The molecular formula is C21H14F6N4O2. The van der Waals surface area contributed by atoms with E-state index in [0.717, 1.165) is 0 Å². The first-order valence-corrected chi connectivity index (χ1v) is 9.37. The minimum Gasteiger partial charge on any atom is -0.434 e. The fraction of sp³-hybridized carbons (Fsp3) is 0.238. The van der Waals surface area contributed by atoms with Crippen molar-refractivity contribution in [2.45, 2.75) is 31.6 Å². The van der Waals surface area contributed by atoms with Crippen molar-refractivity contribution in [3.63, 3.8) is 0 Å². The summed E-state index contributed by atoms with van der Waals surface area (Å²) in [7, 11) is 0. The van der Waals surface area contributed by atoms with Crippen LogP contribution >= 0.6 is 0 Å². The van der Waals surface area contributed by atoms with E-state index in [1.54, 1.807) is 0 Å². The van der Waals surface area contributed by atoms with Gasteiger partial charge < -0.3 is 8.83 Å². The number of oxazole rings is 2. The van der Waals surface area contributed by atoms with Gasteiger partial charge in [0.1, 0.15) is 16.8 Å². The number of alkyl halides is 6. The summed E-state index contributed by atoms with van der Waals surface area (Å²) in [5.41, 5.74) is -2.58. The predicted molar refractivity (Wildman–Crippen MR) is 102 cm³/mol. The second-order valence-electron chi connectivity index (χ2n) is 7.49. The van der Waals surface area contributed by atoms with Gasteiger partial charge >= 0.3 is 12.4 Å². The lowest BCUT2D eigenvalue weighted by Crippen LogP contribution is -2.20. The number of hydrogen-bond donors (Lipinski definition) is 0. The van der Waals surface area contributed by atoms with E-state index < -0.39 is 52.5 Å². The minimum atomic E-state index is -4.91. The molecule has 4 aromatic rings. The van der Waals surface area contributed by atoms with Crippen LogP contribution in [0.2, 0.25) is 0 Å². The Hall–Kier alpha value is -3.70. The fourth-order valence-corrected chi connectivity index (χ4v) is 3.06. The van der Waals surface area contributed by atoms with E-state index in [1.807, 2.05) is 0 Å². The third-order valence-electron chi connectivity index (χ3n) is 4.75. The molecule has 0 aromatic carbocycles. The smallest absolute Gasteiger partial charge is 0.434 e. The van der Waals surface area contributed by atoms with Crippen molar-refractivity contribution >= 4 is 0 Å². The number of hydrogen-bond acceptors (Lipinski definition) is 6. The molecule has 0 amide bonds. The summed E-state index contributed by atoms with van der Waals surface area (Å²) in [6.07, 6.45) is -4.70. The summed E-state index contributed by atoms with van der Waals surface area (Å²) in [6, 6.07) is 5.22. The van der Waals surface area contributed by atoms with Gasteiger partial charge in [0.05, 0.1) is 0 Å². The van der Waals surface area contributed by atoms with Crippen molar-refractivity contribution in [3.8, 4) is 22.5 Å². The summed E-state index contributed by atoms with van der Waals surface area (Å²) in [4.78, 5) is 15.4. The topological polar surface area (TPSA) is 77.8 Å². The van der Waals surface area contributed by atoms with Gasteiger partial charge in [0, 0.05) is 35.9 Å². The van der Waals surface area contributed by atoms with Crippen molar-refractivity contribution in [1.29, 1.82) is 0 Å². The average molecular weight is 468 g/mol. The minimum absolute atomic E-state index is 0.0731. The molecule has 33 heavy (non-hydrogen) atoms. The standard InChI is InChI=1S/C21H14F6N4O2/c1-19(2,17-30-13(11-3-7-28-8-4-11)15(32-17)20(22,23)24)18-31-14(12-5-9-29-10-6-12)16(33-18)21(25,26)27/h3-10H,1-2H3. The van der Waals surface area contributed by atoms with E-state index in [4.69, 9.17) is 8.83 Å². The van der Waals surface area contributed by atoms with Crippen LogP contribution in [0.1, 0.15) is 37.1 Å². The highest BCUT2D eigenvalue weighted by molar-refractivity contribution is 5.63. The fourth-order valence-electron chi connectivity index (χ4n) is 3.06. The number of aromatic nitrogens is 4. The van der Waals surface area contributed by atoms with Crippen molar-refractivity contribution in [2.24, 2.45) is 0 Å². The van der Waals surface area contributed by atoms with Crippen LogP contribution in [0.4, 0.5) is 26.3 Å². The van der Waals surface area contributed by atoms with E-state index >= 15 is 0 Å². The van der Waals surface area contributed by atoms with Gasteiger partial charge in [-0.2, -0.15) is 26.3 Å². The first-order chi connectivity index (χ1) is 15.4. The Labute approximate surface area is 182 Å². The highest BCUT2D eigenvalue weighted by Gasteiger charge is 2.46. The molecule has 4 rings (SSSR count). The second-order valence-corrected chi connectivity index (χ2v) is 7.49. The Morgan fingerprint density at radius 1 is 0.606 bits per heavy atom. The zero-order valence-electron chi connectivity index (χ0n) is 17.0. The van der Waals surface area contributed by atoms with Gasteiger partial charge in [-0.3, -0.25) is 9.97 Å². The van der Waals surface area contributed by atoms with Crippen LogP contribution in [0.15, 0.2) is 57.9 Å². The van der Waals surface area contributed by atoms with E-state index in [-0.39, 0.29) is 11.1 Å². The number of pyridine rings is 2. The summed E-state index contributed by atoms with van der Waals surface area (Å²) in [6.45, 7) is 2.61. The number of rotatable bonds is 4. The van der Waals surface area contributed by atoms with Crippen molar-refractivity contribution in [1.82, 2.24) is 19.9 Å². The molecule has 0 aliphatic rings. The van der Waals surface area contributed by atoms with Gasteiger partial charge in [0.25, 0.3) is 0 Å². The van der Waals surface area contributed by atoms with Gasteiger partial charge in [0.15, 0.2) is 0 Å². The molecule has 0 saturated carbocycles. The maximum absolute atomic E-state index is 13.6. The van der Waals surface area contributed by atoms with E-state index in [1.165, 1.54) is 62.9 Å². The van der Waals surface area contributed by atoms with Crippen LogP contribution in [0.3, 0.4) is 0 Å². The highest BCUT2D eigenvalue weighted by atomic mass is 19.4. The molecule has 6 nitrogen and oxygen atoms in total. The van der Waals surface area contributed by atoms with Crippen LogP contribution < -0.4 is 0 Å². The summed E-state index contributed by atoms with van der Waals surface area (Å²) in [5, 5.41) is 0. The van der Waals surface area contributed by atoms with Gasteiger partial charge in [-0.25, -0.2) is 9.97 Å². The molecule has 0 unspecified atom stereocenters. The SMILES string of the molecule is CC(C)(c1nc(-c2ccncc2)c(C(F)(F)F)o1)c1nc(-c2ccncc2)c(C(F)(F)F)o1. The molecule has 0 spiro atoms. The second kappa shape index (κ2) is 7.71. The lowest BCUT2D eigenvalue weighted by atomic mass is 9.93. The predicted octanol–water partition coefficient (Wildman–Crippen LogP) is 6.15. The normalized spacial score (nSPS) is 12.8. The van der Waals surface area contributed by atoms with Gasteiger partial charge in [-0.05, 0) is 38.1 Å². The third kappa shape index (κ3) is 4.20. The zero-order chi connectivity index (χ0) is 24.0. The zero-order valence-corrected chi connectivity index (χ0v) is 17.0. The maximum Gasteiger partial charge on any atom is 0.451 e.